The molecule has 0 aromatic heterocycles. The third-order valence-corrected chi connectivity index (χ3v) is 7.80. The van der Waals surface area contributed by atoms with Crippen molar-refractivity contribution in [3.8, 4) is 0 Å². The number of ether oxygens (including phenoxy) is 1. The van der Waals surface area contributed by atoms with E-state index in [1.165, 1.54) is 10.8 Å². The Bertz CT molecular complexity index is 820. The van der Waals surface area contributed by atoms with E-state index in [0.717, 1.165) is 5.75 Å². The molecule has 2 unspecified atom stereocenters. The van der Waals surface area contributed by atoms with Gasteiger partial charge in [-0.15, -0.1) is 0 Å². The molecule has 4 amide bonds. The standard InChI is InChI=1S/C23H36N4O6S2/c1-13(2)9-16-21(30)24-11-19(29)33-15-7-5-6-8-34-35-12-17(22(31)25-16)26-23(32)20(14(3)4)27-18(28)10-15/h5,7,13-17,20H,6,8-12H2,1-4H3,(H,24,30)(H,25,31)(H,26,32)(H,27,28)/b7-5+/t15-,16?,17?,20-/m1/s1. The number of hydrogen-bond donors (Lipinski definition) is 4. The molecule has 35 heavy (non-hydrogen) atoms. The fourth-order valence-corrected chi connectivity index (χ4v) is 5.71. The Morgan fingerprint density at radius 2 is 1.71 bits per heavy atom. The van der Waals surface area contributed by atoms with Crippen molar-refractivity contribution in [1.29, 1.82) is 0 Å². The maximum Gasteiger partial charge on any atom is 0.326 e. The Balaban J connectivity index is 2.45. The third-order valence-electron chi connectivity index (χ3n) is 5.35. The van der Waals surface area contributed by atoms with E-state index in [1.807, 2.05) is 19.9 Å². The summed E-state index contributed by atoms with van der Waals surface area (Å²) < 4.78 is 5.44. The molecule has 1 fully saturated rings. The van der Waals surface area contributed by atoms with Crippen molar-refractivity contribution < 1.29 is 28.7 Å². The van der Waals surface area contributed by atoms with Gasteiger partial charge in [0.1, 0.15) is 30.8 Å². The second-order valence-corrected chi connectivity index (χ2v) is 11.9. The first-order valence-corrected chi connectivity index (χ1v) is 14.3. The topological polar surface area (TPSA) is 143 Å². The van der Waals surface area contributed by atoms with Gasteiger partial charge in [0.05, 0.1) is 6.42 Å². The molecule has 12 heteroatoms. The number of amides is 4. The minimum atomic E-state index is -0.910. The summed E-state index contributed by atoms with van der Waals surface area (Å²) in [7, 11) is 2.98. The van der Waals surface area contributed by atoms with E-state index in [2.05, 4.69) is 21.3 Å². The van der Waals surface area contributed by atoms with Crippen molar-refractivity contribution in [3.63, 3.8) is 0 Å². The third kappa shape index (κ3) is 10.1. The van der Waals surface area contributed by atoms with E-state index in [0.29, 0.717) is 12.8 Å². The average molecular weight is 529 g/mol. The molecular weight excluding hydrogens is 492 g/mol. The van der Waals surface area contributed by atoms with E-state index in [4.69, 9.17) is 4.74 Å². The highest BCUT2D eigenvalue weighted by molar-refractivity contribution is 8.76. The zero-order valence-corrected chi connectivity index (χ0v) is 22.3. The molecule has 0 saturated carbocycles. The van der Waals surface area contributed by atoms with Gasteiger partial charge in [0, 0.05) is 11.5 Å². The summed E-state index contributed by atoms with van der Waals surface area (Å²) in [5, 5.41) is 10.7. The number of carbonyl (C=O) groups is 5. The Labute approximate surface area is 214 Å². The van der Waals surface area contributed by atoms with Crippen LogP contribution < -0.4 is 21.3 Å². The van der Waals surface area contributed by atoms with Crippen molar-refractivity contribution in [2.45, 2.75) is 71.2 Å². The van der Waals surface area contributed by atoms with Crippen LogP contribution in [0.3, 0.4) is 0 Å². The molecule has 1 saturated heterocycles. The number of carbonyl (C=O) groups excluding carboxylic acids is 5. The molecule has 2 aliphatic rings. The van der Waals surface area contributed by atoms with Crippen molar-refractivity contribution in [2.75, 3.05) is 18.1 Å². The lowest BCUT2D eigenvalue weighted by atomic mass is 10.0. The number of esters is 1. The second kappa shape index (κ2) is 14.4. The molecule has 2 bridgehead atoms. The van der Waals surface area contributed by atoms with Gasteiger partial charge < -0.3 is 26.0 Å². The molecule has 0 aromatic rings. The minimum absolute atomic E-state index is 0.0886. The van der Waals surface area contributed by atoms with Crippen molar-refractivity contribution in [1.82, 2.24) is 21.3 Å². The van der Waals surface area contributed by atoms with Gasteiger partial charge in [-0.1, -0.05) is 55.4 Å². The molecular formula is C23H36N4O6S2. The quantitative estimate of drug-likeness (QED) is 0.241. The average Bonchev–Trinajstić information content (AvgIpc) is 2.77. The van der Waals surface area contributed by atoms with Gasteiger partial charge in [-0.05, 0) is 30.8 Å². The van der Waals surface area contributed by atoms with E-state index < -0.39 is 60.4 Å². The molecule has 4 atom stereocenters. The predicted octanol–water partition coefficient (Wildman–Crippen LogP) is 0.916. The Morgan fingerprint density at radius 3 is 2.40 bits per heavy atom. The van der Waals surface area contributed by atoms with Crippen LogP contribution >= 0.6 is 21.6 Å². The Kier molecular flexibility index (Phi) is 11.9. The van der Waals surface area contributed by atoms with Gasteiger partial charge in [0.25, 0.3) is 0 Å². The Hall–Kier alpha value is -2.21. The summed E-state index contributed by atoms with van der Waals surface area (Å²) in [6.07, 6.45) is 3.49. The lowest BCUT2D eigenvalue weighted by Crippen LogP contribution is -2.59. The van der Waals surface area contributed by atoms with Crippen molar-refractivity contribution >= 4 is 51.2 Å². The summed E-state index contributed by atoms with van der Waals surface area (Å²) in [6.45, 7) is 7.02. The smallest absolute Gasteiger partial charge is 0.326 e. The van der Waals surface area contributed by atoms with Crippen LogP contribution in [0.15, 0.2) is 12.2 Å². The highest BCUT2D eigenvalue weighted by Crippen LogP contribution is 2.24. The number of rotatable bonds is 3. The first kappa shape index (κ1) is 29.0. The summed E-state index contributed by atoms with van der Waals surface area (Å²) in [5.41, 5.74) is 0. The van der Waals surface area contributed by atoms with Crippen LogP contribution in [-0.4, -0.2) is 71.9 Å². The second-order valence-electron chi connectivity index (χ2n) is 9.31. The predicted molar refractivity (Wildman–Crippen MR) is 136 cm³/mol. The maximum atomic E-state index is 13.2. The maximum absolute atomic E-state index is 13.2. The van der Waals surface area contributed by atoms with Crippen LogP contribution in [-0.2, 0) is 28.7 Å². The number of fused-ring (bicyclic) bond motifs is 7. The molecule has 0 spiro atoms. The van der Waals surface area contributed by atoms with Crippen LogP contribution in [0, 0.1) is 11.8 Å². The Morgan fingerprint density at radius 1 is 0.971 bits per heavy atom. The minimum Gasteiger partial charge on any atom is -0.456 e. The number of allylic oxidation sites excluding steroid dienone is 1. The van der Waals surface area contributed by atoms with Crippen molar-refractivity contribution in [2.24, 2.45) is 11.8 Å². The van der Waals surface area contributed by atoms with E-state index >= 15 is 0 Å². The zero-order chi connectivity index (χ0) is 26.0. The van der Waals surface area contributed by atoms with Gasteiger partial charge in [-0.2, -0.15) is 0 Å². The molecule has 2 rings (SSSR count). The van der Waals surface area contributed by atoms with Crippen LogP contribution in [0.1, 0.15) is 47.0 Å². The van der Waals surface area contributed by atoms with Gasteiger partial charge in [0.2, 0.25) is 23.6 Å². The summed E-state index contributed by atoms with van der Waals surface area (Å²) in [6, 6.07) is -2.68. The highest BCUT2D eigenvalue weighted by atomic mass is 33.1. The first-order valence-electron chi connectivity index (χ1n) is 11.8. The van der Waals surface area contributed by atoms with Crippen LogP contribution in [0.5, 0.6) is 0 Å². The van der Waals surface area contributed by atoms with Crippen LogP contribution in [0.2, 0.25) is 0 Å². The van der Waals surface area contributed by atoms with Crippen LogP contribution in [0.25, 0.3) is 0 Å². The summed E-state index contributed by atoms with van der Waals surface area (Å²) in [4.78, 5) is 64.3. The van der Waals surface area contributed by atoms with Crippen LogP contribution in [0.4, 0.5) is 0 Å². The molecule has 0 aromatic carbocycles. The molecule has 4 N–H and O–H groups in total. The lowest BCUT2D eigenvalue weighted by Gasteiger charge is -2.27. The molecule has 10 nitrogen and oxygen atoms in total. The van der Waals surface area contributed by atoms with Gasteiger partial charge in [-0.25, -0.2) is 0 Å². The molecule has 2 heterocycles. The SMILES string of the molecule is CC(C)CC1NC(=O)C2CSSCC/C=C/[C@H](CC(=O)N[C@H](C(C)C)C(=O)N2)OC(=O)CNC1=O. The first-order chi connectivity index (χ1) is 16.6. The van der Waals surface area contributed by atoms with Gasteiger partial charge in [0.15, 0.2) is 0 Å². The normalized spacial score (nSPS) is 28.9. The molecule has 0 radical (unpaired) electrons. The molecule has 196 valence electrons. The fourth-order valence-electron chi connectivity index (χ4n) is 3.55. The number of hydrogen-bond acceptors (Lipinski definition) is 8. The highest BCUT2D eigenvalue weighted by Gasteiger charge is 2.32. The van der Waals surface area contributed by atoms with Gasteiger partial charge in [-0.3, -0.25) is 24.0 Å². The molecule has 0 aliphatic carbocycles. The summed E-state index contributed by atoms with van der Waals surface area (Å²) >= 11 is 0. The fraction of sp³-hybridized carbons (Fsp3) is 0.696. The van der Waals surface area contributed by atoms with E-state index in [9.17, 15) is 24.0 Å². The van der Waals surface area contributed by atoms with Crippen molar-refractivity contribution in [3.05, 3.63) is 12.2 Å². The monoisotopic (exact) mass is 528 g/mol. The summed E-state index contributed by atoms with van der Waals surface area (Å²) in [5.74, 6) is -1.83. The molecule has 2 aliphatic heterocycles. The van der Waals surface area contributed by atoms with E-state index in [-0.39, 0.29) is 24.0 Å². The number of nitrogens with one attached hydrogen (secondary N) is 4. The largest absolute Gasteiger partial charge is 0.456 e. The van der Waals surface area contributed by atoms with E-state index in [1.54, 1.807) is 30.7 Å². The zero-order valence-electron chi connectivity index (χ0n) is 20.6. The lowest BCUT2D eigenvalue weighted by molar-refractivity contribution is -0.148. The van der Waals surface area contributed by atoms with Gasteiger partial charge >= 0.3 is 5.97 Å².